The summed E-state index contributed by atoms with van der Waals surface area (Å²) in [4.78, 5) is 17.6. The summed E-state index contributed by atoms with van der Waals surface area (Å²) in [6, 6.07) is 1.93. The number of hydrogen-bond acceptors (Lipinski definition) is 3. The Morgan fingerprint density at radius 2 is 2.16 bits per heavy atom. The molecule has 5 heteroatoms. The molecule has 1 saturated heterocycles. The molecule has 0 aromatic carbocycles. The smallest absolute Gasteiger partial charge is 0.337 e. The molecule has 0 saturated carbocycles. The maximum Gasteiger partial charge on any atom is 0.337 e. The zero-order valence-corrected chi connectivity index (χ0v) is 12.2. The lowest BCUT2D eigenvalue weighted by Gasteiger charge is -2.42. The third-order valence-electron chi connectivity index (χ3n) is 3.96. The van der Waals surface area contributed by atoms with Crippen molar-refractivity contribution in [3.8, 4) is 0 Å². The van der Waals surface area contributed by atoms with Gasteiger partial charge in [0.2, 0.25) is 0 Å². The van der Waals surface area contributed by atoms with E-state index in [-0.39, 0.29) is 10.6 Å². The first-order valence-corrected chi connectivity index (χ1v) is 6.93. The highest BCUT2D eigenvalue weighted by Gasteiger charge is 2.30. The second-order valence-electron chi connectivity index (χ2n) is 5.54. The van der Waals surface area contributed by atoms with E-state index in [1.54, 1.807) is 6.07 Å². The number of rotatable bonds is 2. The molecule has 1 fully saturated rings. The topological polar surface area (TPSA) is 53.4 Å². The maximum atomic E-state index is 11.1. The van der Waals surface area contributed by atoms with Crippen LogP contribution in [-0.4, -0.2) is 28.6 Å². The van der Waals surface area contributed by atoms with Gasteiger partial charge in [-0.25, -0.2) is 9.78 Å². The van der Waals surface area contributed by atoms with Crippen LogP contribution in [0.5, 0.6) is 0 Å². The molecule has 1 aliphatic rings. The number of halogens is 1. The third kappa shape index (κ3) is 2.84. The first-order chi connectivity index (χ1) is 8.90. The number of hydrogen-bond donors (Lipinski definition) is 1. The van der Waals surface area contributed by atoms with Gasteiger partial charge in [-0.15, -0.1) is 0 Å². The lowest BCUT2D eigenvalue weighted by atomic mass is 9.86. The molecule has 3 unspecified atom stereocenters. The molecule has 4 nitrogen and oxygen atoms in total. The van der Waals surface area contributed by atoms with Crippen LogP contribution < -0.4 is 4.90 Å². The van der Waals surface area contributed by atoms with Crippen molar-refractivity contribution in [3.05, 3.63) is 22.8 Å². The number of carboxylic acids is 1. The Morgan fingerprint density at radius 3 is 2.79 bits per heavy atom. The van der Waals surface area contributed by atoms with E-state index in [9.17, 15) is 4.79 Å². The van der Waals surface area contributed by atoms with E-state index >= 15 is 0 Å². The molecule has 2 heterocycles. The van der Waals surface area contributed by atoms with Crippen molar-refractivity contribution in [2.75, 3.05) is 11.4 Å². The van der Waals surface area contributed by atoms with E-state index in [1.807, 2.05) is 0 Å². The number of pyridine rings is 1. The highest BCUT2D eigenvalue weighted by atomic mass is 35.5. The molecule has 0 aliphatic carbocycles. The minimum Gasteiger partial charge on any atom is -0.478 e. The summed E-state index contributed by atoms with van der Waals surface area (Å²) in [6.07, 6.45) is 2.62. The monoisotopic (exact) mass is 282 g/mol. The number of nitrogens with zero attached hydrogens (tertiary/aromatic N) is 2. The van der Waals surface area contributed by atoms with E-state index in [4.69, 9.17) is 16.7 Å². The molecule has 19 heavy (non-hydrogen) atoms. The van der Waals surface area contributed by atoms with Crippen LogP contribution in [0.2, 0.25) is 5.02 Å². The normalized spacial score (nSPS) is 27.4. The second-order valence-corrected chi connectivity index (χ2v) is 5.95. The molecule has 0 spiro atoms. The largest absolute Gasteiger partial charge is 0.478 e. The summed E-state index contributed by atoms with van der Waals surface area (Å²) >= 11 is 5.86. The van der Waals surface area contributed by atoms with Crippen LogP contribution in [0.25, 0.3) is 0 Å². The number of carboxylic acid groups (broad SMARTS) is 1. The van der Waals surface area contributed by atoms with Gasteiger partial charge in [0.25, 0.3) is 0 Å². The molecule has 1 aliphatic heterocycles. The Labute approximate surface area is 118 Å². The van der Waals surface area contributed by atoms with Gasteiger partial charge in [0.15, 0.2) is 0 Å². The number of aromatic nitrogens is 1. The summed E-state index contributed by atoms with van der Waals surface area (Å²) in [5.74, 6) is 0.832. The predicted octanol–water partition coefficient (Wildman–Crippen LogP) is 3.30. The second kappa shape index (κ2) is 5.37. The molecule has 3 atom stereocenters. The number of aromatic carboxylic acids is 1. The molecule has 0 amide bonds. The van der Waals surface area contributed by atoms with Crippen molar-refractivity contribution in [1.29, 1.82) is 0 Å². The molecular weight excluding hydrogens is 264 g/mol. The predicted molar refractivity (Wildman–Crippen MR) is 76.0 cm³/mol. The van der Waals surface area contributed by atoms with Gasteiger partial charge in [0, 0.05) is 18.8 Å². The highest BCUT2D eigenvalue weighted by Crippen LogP contribution is 2.31. The van der Waals surface area contributed by atoms with Crippen LogP contribution in [-0.2, 0) is 0 Å². The van der Waals surface area contributed by atoms with Gasteiger partial charge in [0.1, 0.15) is 5.82 Å². The standard InChI is InChI=1S/C14H19ClN2O2/c1-8-4-9(2)10(3)17(7-8)13-5-11(14(18)19)12(15)6-16-13/h5-6,8-10H,4,7H2,1-3H3,(H,18,19). The Bertz CT molecular complexity index is 492. The first-order valence-electron chi connectivity index (χ1n) is 6.55. The van der Waals surface area contributed by atoms with Gasteiger partial charge in [-0.2, -0.15) is 0 Å². The van der Waals surface area contributed by atoms with Crippen molar-refractivity contribution in [1.82, 2.24) is 4.98 Å². The molecular formula is C14H19ClN2O2. The Kier molecular flexibility index (Phi) is 3.99. The number of anilines is 1. The molecule has 0 bridgehead atoms. The summed E-state index contributed by atoms with van der Waals surface area (Å²) in [5.41, 5.74) is 0.116. The van der Waals surface area contributed by atoms with E-state index in [2.05, 4.69) is 30.7 Å². The van der Waals surface area contributed by atoms with E-state index in [1.165, 1.54) is 12.6 Å². The number of piperidine rings is 1. The fourth-order valence-corrected chi connectivity index (χ4v) is 2.95. The highest BCUT2D eigenvalue weighted by molar-refractivity contribution is 6.33. The summed E-state index contributed by atoms with van der Waals surface area (Å²) in [6.45, 7) is 7.50. The lowest BCUT2D eigenvalue weighted by molar-refractivity contribution is 0.0697. The zero-order valence-electron chi connectivity index (χ0n) is 11.4. The van der Waals surface area contributed by atoms with Crippen LogP contribution in [0.3, 0.4) is 0 Å². The van der Waals surface area contributed by atoms with Crippen LogP contribution >= 0.6 is 11.6 Å². The first kappa shape index (κ1) is 14.1. The Morgan fingerprint density at radius 1 is 1.47 bits per heavy atom. The van der Waals surface area contributed by atoms with Gasteiger partial charge < -0.3 is 10.0 Å². The van der Waals surface area contributed by atoms with Gasteiger partial charge in [-0.05, 0) is 31.2 Å². The van der Waals surface area contributed by atoms with E-state index in [0.717, 1.165) is 6.54 Å². The van der Waals surface area contributed by atoms with Crippen LogP contribution in [0.4, 0.5) is 5.82 Å². The third-order valence-corrected chi connectivity index (χ3v) is 4.26. The molecule has 0 radical (unpaired) electrons. The average molecular weight is 283 g/mol. The van der Waals surface area contributed by atoms with E-state index in [0.29, 0.717) is 23.7 Å². The molecule has 1 aromatic heterocycles. The van der Waals surface area contributed by atoms with Gasteiger partial charge in [-0.3, -0.25) is 0 Å². The lowest BCUT2D eigenvalue weighted by Crippen LogP contribution is -2.46. The zero-order chi connectivity index (χ0) is 14.2. The SMILES string of the molecule is CC1CC(C)C(C)N(c2cc(C(=O)O)c(Cl)cn2)C1. The minimum atomic E-state index is -1.01. The van der Waals surface area contributed by atoms with Crippen LogP contribution in [0.1, 0.15) is 37.6 Å². The average Bonchev–Trinajstić information content (AvgIpc) is 2.34. The van der Waals surface area contributed by atoms with Gasteiger partial charge in [0.05, 0.1) is 10.6 Å². The Hall–Kier alpha value is -1.29. The molecule has 2 rings (SSSR count). The van der Waals surface area contributed by atoms with Crippen molar-refractivity contribution < 1.29 is 9.90 Å². The maximum absolute atomic E-state index is 11.1. The minimum absolute atomic E-state index is 0.116. The van der Waals surface area contributed by atoms with E-state index < -0.39 is 5.97 Å². The fourth-order valence-electron chi connectivity index (χ4n) is 2.77. The quantitative estimate of drug-likeness (QED) is 0.904. The van der Waals surface area contributed by atoms with Crippen LogP contribution in [0.15, 0.2) is 12.3 Å². The molecule has 1 aromatic rings. The van der Waals surface area contributed by atoms with Crippen molar-refractivity contribution in [2.45, 2.75) is 33.2 Å². The number of carbonyl (C=O) groups is 1. The fraction of sp³-hybridized carbons (Fsp3) is 0.571. The summed E-state index contributed by atoms with van der Waals surface area (Å²) in [5, 5.41) is 9.31. The molecule has 1 N–H and O–H groups in total. The molecule has 104 valence electrons. The van der Waals surface area contributed by atoms with Crippen molar-refractivity contribution >= 4 is 23.4 Å². The summed E-state index contributed by atoms with van der Waals surface area (Å²) < 4.78 is 0. The van der Waals surface area contributed by atoms with Crippen molar-refractivity contribution in [3.63, 3.8) is 0 Å². The van der Waals surface area contributed by atoms with Crippen molar-refractivity contribution in [2.24, 2.45) is 11.8 Å². The van der Waals surface area contributed by atoms with Gasteiger partial charge >= 0.3 is 5.97 Å². The Balaban J connectivity index is 2.35. The van der Waals surface area contributed by atoms with Gasteiger partial charge in [-0.1, -0.05) is 25.4 Å². The van der Waals surface area contributed by atoms with Crippen LogP contribution in [0, 0.1) is 11.8 Å². The summed E-state index contributed by atoms with van der Waals surface area (Å²) in [7, 11) is 0.